The van der Waals surface area contributed by atoms with Crippen LogP contribution in [0.3, 0.4) is 0 Å². The Morgan fingerprint density at radius 3 is 1.86 bits per heavy atom. The van der Waals surface area contributed by atoms with Crippen LogP contribution >= 0.6 is 0 Å². The molecule has 0 radical (unpaired) electrons. The van der Waals surface area contributed by atoms with Crippen molar-refractivity contribution in [2.75, 3.05) is 26.2 Å². The van der Waals surface area contributed by atoms with E-state index < -0.39 is 10.0 Å². The Labute approximate surface area is 128 Å². The Morgan fingerprint density at radius 2 is 1.43 bits per heavy atom. The number of nitrogens with zero attached hydrogens (tertiary/aromatic N) is 2. The van der Waals surface area contributed by atoms with Gasteiger partial charge in [-0.3, -0.25) is 4.90 Å². The zero-order chi connectivity index (χ0) is 15.8. The van der Waals surface area contributed by atoms with Gasteiger partial charge >= 0.3 is 0 Å². The molecule has 4 nitrogen and oxygen atoms in total. The van der Waals surface area contributed by atoms with E-state index >= 15 is 0 Å². The first-order valence-corrected chi connectivity index (χ1v) is 8.99. The number of hydrogen-bond donors (Lipinski definition) is 0. The molecule has 0 saturated carbocycles. The average Bonchev–Trinajstić information content (AvgIpc) is 2.37. The molecule has 0 atom stereocenters. The van der Waals surface area contributed by atoms with Gasteiger partial charge in [0.2, 0.25) is 10.0 Å². The van der Waals surface area contributed by atoms with Gasteiger partial charge in [0, 0.05) is 32.2 Å². The fraction of sp³-hybridized carbons (Fsp3) is 0.625. The van der Waals surface area contributed by atoms with E-state index in [0.717, 1.165) is 29.8 Å². The first-order chi connectivity index (χ1) is 9.73. The zero-order valence-corrected chi connectivity index (χ0v) is 14.5. The molecule has 1 aliphatic heterocycles. The summed E-state index contributed by atoms with van der Waals surface area (Å²) in [6, 6.07) is 4.37. The van der Waals surface area contributed by atoms with Crippen LogP contribution in [0, 0.1) is 20.8 Å². The maximum Gasteiger partial charge on any atom is 0.243 e. The summed E-state index contributed by atoms with van der Waals surface area (Å²) >= 11 is 0. The van der Waals surface area contributed by atoms with Gasteiger partial charge in [-0.1, -0.05) is 17.7 Å². The van der Waals surface area contributed by atoms with Crippen LogP contribution in [0.4, 0.5) is 0 Å². The number of sulfonamides is 1. The molecular formula is C16H26N2O2S. The largest absolute Gasteiger partial charge is 0.298 e. The van der Waals surface area contributed by atoms with Gasteiger partial charge in [0.05, 0.1) is 4.90 Å². The molecule has 0 aromatic heterocycles. The van der Waals surface area contributed by atoms with Crippen molar-refractivity contribution in [1.29, 1.82) is 0 Å². The Bertz CT molecular complexity index is 592. The number of piperazine rings is 1. The third-order valence-corrected chi connectivity index (χ3v) is 6.41. The third-order valence-electron chi connectivity index (χ3n) is 4.21. The predicted octanol–water partition coefficient (Wildman–Crippen LogP) is 2.33. The number of rotatable bonds is 3. The first-order valence-electron chi connectivity index (χ1n) is 7.55. The maximum absolute atomic E-state index is 12.9. The van der Waals surface area contributed by atoms with E-state index in [4.69, 9.17) is 0 Å². The molecule has 118 valence electrons. The molecule has 1 fully saturated rings. The van der Waals surface area contributed by atoms with Crippen LogP contribution in [0.2, 0.25) is 0 Å². The van der Waals surface area contributed by atoms with Gasteiger partial charge in [-0.2, -0.15) is 4.31 Å². The predicted molar refractivity (Wildman–Crippen MR) is 86.1 cm³/mol. The van der Waals surface area contributed by atoms with Gasteiger partial charge in [0.25, 0.3) is 0 Å². The molecule has 0 bridgehead atoms. The highest BCUT2D eigenvalue weighted by Crippen LogP contribution is 2.26. The van der Waals surface area contributed by atoms with Gasteiger partial charge in [0.1, 0.15) is 0 Å². The standard InChI is InChI=1S/C16H26N2O2S/c1-12(2)17-6-8-18(9-7-17)21(19,20)16-14(4)10-13(3)11-15(16)5/h10-12H,6-9H2,1-5H3. The monoisotopic (exact) mass is 310 g/mol. The molecule has 1 aliphatic rings. The highest BCUT2D eigenvalue weighted by molar-refractivity contribution is 7.89. The molecule has 1 saturated heterocycles. The second-order valence-electron chi connectivity index (χ2n) is 6.26. The molecular weight excluding hydrogens is 284 g/mol. The molecule has 0 amide bonds. The minimum Gasteiger partial charge on any atom is -0.298 e. The van der Waals surface area contributed by atoms with Gasteiger partial charge in [-0.15, -0.1) is 0 Å². The van der Waals surface area contributed by atoms with Crippen LogP contribution in [-0.2, 0) is 10.0 Å². The van der Waals surface area contributed by atoms with E-state index in [-0.39, 0.29) is 0 Å². The van der Waals surface area contributed by atoms with Crippen LogP contribution in [0.1, 0.15) is 30.5 Å². The molecule has 1 aromatic carbocycles. The summed E-state index contributed by atoms with van der Waals surface area (Å²) in [5.41, 5.74) is 2.80. The van der Waals surface area contributed by atoms with Gasteiger partial charge in [-0.25, -0.2) is 8.42 Å². The normalized spacial score (nSPS) is 18.4. The van der Waals surface area contributed by atoms with Crippen LogP contribution in [-0.4, -0.2) is 49.8 Å². The molecule has 0 N–H and O–H groups in total. The van der Waals surface area contributed by atoms with Crippen molar-refractivity contribution in [3.63, 3.8) is 0 Å². The lowest BCUT2D eigenvalue weighted by Gasteiger charge is -2.36. The molecule has 0 spiro atoms. The smallest absolute Gasteiger partial charge is 0.243 e. The Morgan fingerprint density at radius 1 is 0.952 bits per heavy atom. The van der Waals surface area contributed by atoms with Crippen LogP contribution < -0.4 is 0 Å². The molecule has 0 aliphatic carbocycles. The minimum absolute atomic E-state index is 0.470. The summed E-state index contributed by atoms with van der Waals surface area (Å²) in [5, 5.41) is 0. The van der Waals surface area contributed by atoms with Crippen LogP contribution in [0.25, 0.3) is 0 Å². The second kappa shape index (κ2) is 6.07. The maximum atomic E-state index is 12.9. The van der Waals surface area contributed by atoms with E-state index in [1.165, 1.54) is 0 Å². The van der Waals surface area contributed by atoms with E-state index in [9.17, 15) is 8.42 Å². The lowest BCUT2D eigenvalue weighted by atomic mass is 10.1. The molecule has 1 aromatic rings. The number of hydrogen-bond acceptors (Lipinski definition) is 3. The van der Waals surface area contributed by atoms with E-state index in [1.54, 1.807) is 4.31 Å². The Balaban J connectivity index is 2.28. The lowest BCUT2D eigenvalue weighted by molar-refractivity contribution is 0.154. The number of benzene rings is 1. The molecule has 2 rings (SSSR count). The van der Waals surface area contributed by atoms with Crippen molar-refractivity contribution in [1.82, 2.24) is 9.21 Å². The van der Waals surface area contributed by atoms with E-state index in [1.807, 2.05) is 32.9 Å². The van der Waals surface area contributed by atoms with Gasteiger partial charge < -0.3 is 0 Å². The summed E-state index contributed by atoms with van der Waals surface area (Å²) in [6.45, 7) is 12.8. The molecule has 0 unspecified atom stereocenters. The van der Waals surface area contributed by atoms with E-state index in [2.05, 4.69) is 18.7 Å². The quantitative estimate of drug-likeness (QED) is 0.860. The number of aryl methyl sites for hydroxylation is 3. The average molecular weight is 310 g/mol. The van der Waals surface area contributed by atoms with Gasteiger partial charge in [-0.05, 0) is 45.7 Å². The third kappa shape index (κ3) is 3.30. The summed E-state index contributed by atoms with van der Waals surface area (Å²) in [5.74, 6) is 0. The second-order valence-corrected chi connectivity index (χ2v) is 8.14. The van der Waals surface area contributed by atoms with Crippen molar-refractivity contribution in [2.45, 2.75) is 45.6 Å². The summed E-state index contributed by atoms with van der Waals surface area (Å²) < 4.78 is 27.5. The van der Waals surface area contributed by atoms with Crippen molar-refractivity contribution < 1.29 is 8.42 Å². The topological polar surface area (TPSA) is 40.6 Å². The minimum atomic E-state index is -3.38. The fourth-order valence-electron chi connectivity index (χ4n) is 3.16. The van der Waals surface area contributed by atoms with Crippen molar-refractivity contribution in [3.05, 3.63) is 28.8 Å². The summed E-state index contributed by atoms with van der Waals surface area (Å²) in [6.07, 6.45) is 0. The first kappa shape index (κ1) is 16.5. The molecule has 5 heteroatoms. The van der Waals surface area contributed by atoms with Crippen LogP contribution in [0.15, 0.2) is 17.0 Å². The summed E-state index contributed by atoms with van der Waals surface area (Å²) in [4.78, 5) is 2.81. The Hall–Kier alpha value is -0.910. The van der Waals surface area contributed by atoms with Crippen molar-refractivity contribution >= 4 is 10.0 Å². The highest BCUT2D eigenvalue weighted by atomic mass is 32.2. The van der Waals surface area contributed by atoms with E-state index in [0.29, 0.717) is 24.0 Å². The highest BCUT2D eigenvalue weighted by Gasteiger charge is 2.31. The molecule has 1 heterocycles. The zero-order valence-electron chi connectivity index (χ0n) is 13.7. The summed E-state index contributed by atoms with van der Waals surface area (Å²) in [7, 11) is -3.38. The Kier molecular flexibility index (Phi) is 4.76. The molecule has 21 heavy (non-hydrogen) atoms. The van der Waals surface area contributed by atoms with Gasteiger partial charge in [0.15, 0.2) is 0 Å². The lowest BCUT2D eigenvalue weighted by Crippen LogP contribution is -2.50. The fourth-order valence-corrected chi connectivity index (χ4v) is 5.00. The van der Waals surface area contributed by atoms with Crippen LogP contribution in [0.5, 0.6) is 0 Å². The SMILES string of the molecule is Cc1cc(C)c(S(=O)(=O)N2CCN(C(C)C)CC2)c(C)c1. The van der Waals surface area contributed by atoms with Crippen molar-refractivity contribution in [2.24, 2.45) is 0 Å². The van der Waals surface area contributed by atoms with Crippen molar-refractivity contribution in [3.8, 4) is 0 Å².